The maximum atomic E-state index is 12.3. The first-order chi connectivity index (χ1) is 12.0. The predicted octanol–water partition coefficient (Wildman–Crippen LogP) is 0.809. The van der Waals surface area contributed by atoms with Crippen molar-refractivity contribution in [3.8, 4) is 0 Å². The van der Waals surface area contributed by atoms with Gasteiger partial charge in [0.2, 0.25) is 5.91 Å². The third-order valence-electron chi connectivity index (χ3n) is 3.38. The molecule has 4 amide bonds. The molecule has 3 rings (SSSR count). The maximum absolute atomic E-state index is 12.3. The molecule has 1 aromatic rings. The number of hydrogen-bond acceptors (Lipinski definition) is 7. The molecule has 3 N–H and O–H groups in total. The van der Waals surface area contributed by atoms with Crippen LogP contribution in [0.2, 0.25) is 0 Å². The Labute approximate surface area is 151 Å². The molecule has 0 unspecified atom stereocenters. The molecule has 0 spiro atoms. The zero-order chi connectivity index (χ0) is 17.8. The maximum Gasteiger partial charge on any atom is 0.293 e. The summed E-state index contributed by atoms with van der Waals surface area (Å²) in [6, 6.07) is 3.73. The number of thioether (sulfide) groups is 1. The van der Waals surface area contributed by atoms with Crippen LogP contribution >= 0.6 is 23.1 Å². The molecule has 0 atom stereocenters. The summed E-state index contributed by atoms with van der Waals surface area (Å²) in [5.74, 6) is -1.01. The van der Waals surface area contributed by atoms with Gasteiger partial charge in [0.05, 0.1) is 4.91 Å². The van der Waals surface area contributed by atoms with Crippen molar-refractivity contribution in [1.29, 1.82) is 0 Å². The fourth-order valence-corrected chi connectivity index (χ4v) is 3.74. The van der Waals surface area contributed by atoms with Crippen molar-refractivity contribution < 1.29 is 19.2 Å². The molecule has 1 fully saturated rings. The normalized spacial score (nSPS) is 18.9. The average molecular weight is 378 g/mol. The molecule has 0 saturated carbocycles. The second-order valence-corrected chi connectivity index (χ2v) is 7.07. The number of rotatable bonds is 5. The number of imide groups is 1. The first kappa shape index (κ1) is 17.2. The van der Waals surface area contributed by atoms with Gasteiger partial charge in [-0.25, -0.2) is 0 Å². The molecule has 130 valence electrons. The average Bonchev–Trinajstić information content (AvgIpc) is 3.19. The summed E-state index contributed by atoms with van der Waals surface area (Å²) in [7, 11) is 0. The molecule has 1 aromatic heterocycles. The number of hydrogen-bond donors (Lipinski definition) is 3. The molecule has 10 heteroatoms. The van der Waals surface area contributed by atoms with Crippen LogP contribution in [0, 0.1) is 0 Å². The standard InChI is InChI=1S/C15H14N4O4S2/c20-12-4-3-10(17-18-12)13(21)16-5-6-19-14(22)11(25-15(19)23)8-9-2-1-7-24-9/h1-3,7-8,17H,4-6H2,(H,16,21)(H,18,20)/b11-8+. The highest BCUT2D eigenvalue weighted by Gasteiger charge is 2.34. The predicted molar refractivity (Wildman–Crippen MR) is 94.0 cm³/mol. The van der Waals surface area contributed by atoms with Crippen molar-refractivity contribution in [2.24, 2.45) is 0 Å². The Kier molecular flexibility index (Phi) is 5.19. The fraction of sp³-hybridized carbons (Fsp3) is 0.200. The van der Waals surface area contributed by atoms with Gasteiger partial charge >= 0.3 is 0 Å². The minimum atomic E-state index is -0.416. The molecule has 0 aromatic carbocycles. The summed E-state index contributed by atoms with van der Waals surface area (Å²) in [6.07, 6.45) is 3.28. The third kappa shape index (κ3) is 4.09. The topological polar surface area (TPSA) is 108 Å². The molecule has 3 heterocycles. The smallest absolute Gasteiger partial charge is 0.293 e. The van der Waals surface area contributed by atoms with Crippen LogP contribution < -0.4 is 16.2 Å². The lowest BCUT2D eigenvalue weighted by molar-refractivity contribution is -0.124. The van der Waals surface area contributed by atoms with Crippen molar-refractivity contribution in [2.45, 2.75) is 6.42 Å². The van der Waals surface area contributed by atoms with Crippen LogP contribution in [0.1, 0.15) is 11.3 Å². The van der Waals surface area contributed by atoms with E-state index in [-0.39, 0.29) is 42.3 Å². The van der Waals surface area contributed by atoms with Crippen LogP contribution in [0.3, 0.4) is 0 Å². The van der Waals surface area contributed by atoms with Gasteiger partial charge in [0.1, 0.15) is 5.70 Å². The molecule has 1 saturated heterocycles. The van der Waals surface area contributed by atoms with Crippen LogP contribution in [-0.4, -0.2) is 41.0 Å². The van der Waals surface area contributed by atoms with E-state index in [0.29, 0.717) is 4.91 Å². The van der Waals surface area contributed by atoms with Gasteiger partial charge in [-0.3, -0.25) is 34.9 Å². The second kappa shape index (κ2) is 7.53. The van der Waals surface area contributed by atoms with E-state index < -0.39 is 5.91 Å². The van der Waals surface area contributed by atoms with Crippen LogP contribution in [0.15, 0.2) is 34.2 Å². The third-order valence-corrected chi connectivity index (χ3v) is 5.11. The van der Waals surface area contributed by atoms with Crippen molar-refractivity contribution in [2.75, 3.05) is 13.1 Å². The number of nitrogens with zero attached hydrogens (tertiary/aromatic N) is 1. The quantitative estimate of drug-likeness (QED) is 0.655. The van der Waals surface area contributed by atoms with E-state index in [4.69, 9.17) is 0 Å². The summed E-state index contributed by atoms with van der Waals surface area (Å²) in [5.41, 5.74) is 5.05. The molecule has 0 radical (unpaired) electrons. The Morgan fingerprint density at radius 1 is 1.32 bits per heavy atom. The zero-order valence-corrected chi connectivity index (χ0v) is 14.5. The van der Waals surface area contributed by atoms with E-state index in [2.05, 4.69) is 16.2 Å². The van der Waals surface area contributed by atoms with Crippen molar-refractivity contribution in [3.63, 3.8) is 0 Å². The number of thiophene rings is 1. The monoisotopic (exact) mass is 378 g/mol. The second-order valence-electron chi connectivity index (χ2n) is 5.10. The molecule has 0 aliphatic carbocycles. The lowest BCUT2D eigenvalue weighted by Gasteiger charge is -2.17. The first-order valence-corrected chi connectivity index (χ1v) is 9.06. The Hall–Kier alpha value is -2.59. The van der Waals surface area contributed by atoms with E-state index in [1.54, 1.807) is 6.08 Å². The van der Waals surface area contributed by atoms with E-state index in [9.17, 15) is 19.2 Å². The van der Waals surface area contributed by atoms with Gasteiger partial charge in [-0.2, -0.15) is 0 Å². The lowest BCUT2D eigenvalue weighted by Crippen LogP contribution is -2.46. The molecule has 0 bridgehead atoms. The molecular formula is C15H14N4O4S2. The van der Waals surface area contributed by atoms with Crippen molar-refractivity contribution in [3.05, 3.63) is 39.1 Å². The minimum Gasteiger partial charge on any atom is -0.349 e. The molecule has 25 heavy (non-hydrogen) atoms. The Balaban J connectivity index is 1.53. The largest absolute Gasteiger partial charge is 0.349 e. The molecule has 2 aliphatic heterocycles. The van der Waals surface area contributed by atoms with Crippen LogP contribution in [0.5, 0.6) is 0 Å². The molecular weight excluding hydrogens is 364 g/mol. The van der Waals surface area contributed by atoms with Gasteiger partial charge in [-0.05, 0) is 35.4 Å². The number of amides is 4. The molecule has 2 aliphatic rings. The van der Waals surface area contributed by atoms with Gasteiger partial charge in [0.25, 0.3) is 17.1 Å². The van der Waals surface area contributed by atoms with Crippen LogP contribution in [0.4, 0.5) is 4.79 Å². The highest BCUT2D eigenvalue weighted by molar-refractivity contribution is 8.18. The molecule has 8 nitrogen and oxygen atoms in total. The van der Waals surface area contributed by atoms with E-state index in [1.807, 2.05) is 17.5 Å². The number of nitrogens with one attached hydrogen (secondary N) is 3. The van der Waals surface area contributed by atoms with Gasteiger partial charge in [-0.15, -0.1) is 11.3 Å². The number of carbonyl (C=O) groups excluding carboxylic acids is 4. The summed E-state index contributed by atoms with van der Waals surface area (Å²) in [4.78, 5) is 49.6. The first-order valence-electron chi connectivity index (χ1n) is 7.36. The summed E-state index contributed by atoms with van der Waals surface area (Å²) >= 11 is 2.37. The number of hydrazine groups is 1. The highest BCUT2D eigenvalue weighted by Crippen LogP contribution is 2.32. The van der Waals surface area contributed by atoms with Gasteiger partial charge in [-0.1, -0.05) is 6.07 Å². The van der Waals surface area contributed by atoms with Gasteiger partial charge < -0.3 is 5.32 Å². The van der Waals surface area contributed by atoms with E-state index >= 15 is 0 Å². The van der Waals surface area contributed by atoms with Crippen molar-refractivity contribution in [1.82, 2.24) is 21.1 Å². The van der Waals surface area contributed by atoms with Gasteiger partial charge in [0.15, 0.2) is 0 Å². The number of carbonyl (C=O) groups is 4. The van der Waals surface area contributed by atoms with Gasteiger partial charge in [0, 0.05) is 24.4 Å². The zero-order valence-electron chi connectivity index (χ0n) is 12.9. The SMILES string of the molecule is O=C1CC=C(C(=O)NCCN2C(=O)S/C(=C/c3cccs3)C2=O)NN1. The van der Waals surface area contributed by atoms with Crippen LogP contribution in [0.25, 0.3) is 6.08 Å². The van der Waals surface area contributed by atoms with E-state index in [1.165, 1.54) is 17.4 Å². The lowest BCUT2D eigenvalue weighted by atomic mass is 10.2. The Morgan fingerprint density at radius 3 is 2.84 bits per heavy atom. The summed E-state index contributed by atoms with van der Waals surface area (Å²) in [6.45, 7) is 0.202. The minimum absolute atomic E-state index is 0.0812. The highest BCUT2D eigenvalue weighted by atomic mass is 32.2. The Bertz CT molecular complexity index is 785. The van der Waals surface area contributed by atoms with E-state index in [0.717, 1.165) is 21.5 Å². The fourth-order valence-electron chi connectivity index (χ4n) is 2.16. The summed E-state index contributed by atoms with van der Waals surface area (Å²) < 4.78 is 0. The Morgan fingerprint density at radius 2 is 2.16 bits per heavy atom. The van der Waals surface area contributed by atoms with Crippen LogP contribution in [-0.2, 0) is 14.4 Å². The van der Waals surface area contributed by atoms with Crippen molar-refractivity contribution >= 4 is 52.1 Å². The summed E-state index contributed by atoms with van der Waals surface area (Å²) in [5, 5.41) is 4.14.